The number of methoxy groups -OCH3 is 2. The highest BCUT2D eigenvalue weighted by molar-refractivity contribution is 5.88. The van der Waals surface area contributed by atoms with E-state index in [-0.39, 0.29) is 17.8 Å². The standard InChI is InChI=1S/C23H29N5O10/c1-5-9(2)21(30)37-17-13(29)15(22(31)34-4)36-11-6-10-14(38-23(11,17)32)16(33-3)20(35-10)28-8-27-12-18(24)25-7-26-19(12)28/h5,7-8,10-11,13-17,20,29,32H,6H2,1-4H3,(H2,24,25,26)/b9-5+/t10-,11-,13-,14-,15+,16-,17-,20-,23-/m1/s1. The van der Waals surface area contributed by atoms with E-state index < -0.39 is 66.7 Å². The number of aliphatic hydroxyl groups is 2. The van der Waals surface area contributed by atoms with Crippen molar-refractivity contribution in [3.8, 4) is 0 Å². The Morgan fingerprint density at radius 1 is 1.26 bits per heavy atom. The van der Waals surface area contributed by atoms with E-state index >= 15 is 0 Å². The van der Waals surface area contributed by atoms with Crippen LogP contribution in [0.2, 0.25) is 0 Å². The van der Waals surface area contributed by atoms with Crippen molar-refractivity contribution in [2.45, 2.75) is 75.0 Å². The molecule has 0 aromatic carbocycles. The molecule has 3 fully saturated rings. The van der Waals surface area contributed by atoms with Crippen molar-refractivity contribution >= 4 is 28.9 Å². The van der Waals surface area contributed by atoms with Crippen molar-refractivity contribution in [3.05, 3.63) is 24.3 Å². The Kier molecular flexibility index (Phi) is 6.83. The van der Waals surface area contributed by atoms with Gasteiger partial charge in [-0.25, -0.2) is 24.5 Å². The van der Waals surface area contributed by atoms with Crippen LogP contribution >= 0.6 is 0 Å². The highest BCUT2D eigenvalue weighted by atomic mass is 16.7. The van der Waals surface area contributed by atoms with Gasteiger partial charge in [0.2, 0.25) is 5.79 Å². The number of carbonyl (C=O) groups is 2. The molecule has 2 aromatic rings. The molecule has 15 nitrogen and oxygen atoms in total. The number of nitrogens with two attached hydrogens (primary N) is 1. The largest absolute Gasteiger partial charge is 0.467 e. The lowest BCUT2D eigenvalue weighted by Gasteiger charge is -2.52. The lowest BCUT2D eigenvalue weighted by Crippen LogP contribution is -2.73. The van der Waals surface area contributed by atoms with Crippen LogP contribution in [0.3, 0.4) is 0 Å². The molecule has 4 N–H and O–H groups in total. The zero-order valence-electron chi connectivity index (χ0n) is 21.1. The first-order valence-electron chi connectivity index (χ1n) is 11.9. The zero-order valence-corrected chi connectivity index (χ0v) is 21.1. The number of allylic oxidation sites excluding steroid dienone is 1. The number of carbonyl (C=O) groups excluding carboxylic acids is 2. The lowest BCUT2D eigenvalue weighted by atomic mass is 9.84. The number of hydrogen-bond acceptors (Lipinski definition) is 14. The predicted octanol–water partition coefficient (Wildman–Crippen LogP) is -1.02. The number of hydrogen-bond donors (Lipinski definition) is 3. The fourth-order valence-electron chi connectivity index (χ4n) is 5.10. The van der Waals surface area contributed by atoms with Crippen molar-refractivity contribution < 1.29 is 48.2 Å². The fraction of sp³-hybridized carbons (Fsp3) is 0.609. The summed E-state index contributed by atoms with van der Waals surface area (Å²) in [5.74, 6) is -3.89. The van der Waals surface area contributed by atoms with Crippen LogP contribution in [0, 0.1) is 0 Å². The third kappa shape index (κ3) is 4.02. The Morgan fingerprint density at radius 3 is 2.71 bits per heavy atom. The fourth-order valence-corrected chi connectivity index (χ4v) is 5.10. The SMILES string of the molecule is C/C=C(\C)C(=O)O[C@@H]1[C@H](O)[C@@H](C(=O)OC)O[C@@H]2C[C@H]3O[C@@H](n4cnc5c(N)ncnc54)[C@H](OC)[C@@H]3O[C@@]12O. The van der Waals surface area contributed by atoms with E-state index in [1.807, 2.05) is 0 Å². The molecule has 2 aromatic heterocycles. The molecule has 0 radical (unpaired) electrons. The highest BCUT2D eigenvalue weighted by Gasteiger charge is 2.67. The van der Waals surface area contributed by atoms with E-state index in [1.165, 1.54) is 32.8 Å². The molecule has 5 heterocycles. The van der Waals surface area contributed by atoms with Gasteiger partial charge in [-0.2, -0.15) is 0 Å². The van der Waals surface area contributed by atoms with Crippen LogP contribution in [0.15, 0.2) is 24.3 Å². The molecule has 0 amide bonds. The monoisotopic (exact) mass is 535 g/mol. The maximum atomic E-state index is 12.7. The van der Waals surface area contributed by atoms with Gasteiger partial charge in [0, 0.05) is 19.1 Å². The number of esters is 2. The molecule has 0 spiro atoms. The third-order valence-electron chi connectivity index (χ3n) is 7.21. The van der Waals surface area contributed by atoms with Crippen molar-refractivity contribution in [1.29, 1.82) is 0 Å². The molecule has 15 heteroatoms. The van der Waals surface area contributed by atoms with Crippen LogP contribution in [-0.4, -0.2) is 104 Å². The minimum absolute atomic E-state index is 0.00184. The Morgan fingerprint density at radius 2 is 2.03 bits per heavy atom. The third-order valence-corrected chi connectivity index (χ3v) is 7.21. The first-order chi connectivity index (χ1) is 18.1. The van der Waals surface area contributed by atoms with Gasteiger partial charge in [0.25, 0.3) is 0 Å². The molecule has 206 valence electrons. The predicted molar refractivity (Wildman–Crippen MR) is 125 cm³/mol. The number of fused-ring (bicyclic) bond motifs is 3. The second kappa shape index (κ2) is 9.83. The van der Waals surface area contributed by atoms with Crippen LogP contribution in [0.25, 0.3) is 11.2 Å². The van der Waals surface area contributed by atoms with E-state index in [2.05, 4.69) is 15.0 Å². The number of nitrogen functional groups attached to an aromatic ring is 1. The van der Waals surface area contributed by atoms with Gasteiger partial charge >= 0.3 is 11.9 Å². The topological polar surface area (TPSA) is 200 Å². The van der Waals surface area contributed by atoms with Crippen molar-refractivity contribution in [2.75, 3.05) is 20.0 Å². The van der Waals surface area contributed by atoms with Crippen LogP contribution in [-0.2, 0) is 38.0 Å². The van der Waals surface area contributed by atoms with Crippen molar-refractivity contribution in [3.63, 3.8) is 0 Å². The van der Waals surface area contributed by atoms with Crippen LogP contribution in [0.1, 0.15) is 26.5 Å². The van der Waals surface area contributed by atoms with E-state index in [9.17, 15) is 19.8 Å². The summed E-state index contributed by atoms with van der Waals surface area (Å²) in [6.07, 6.45) is -5.25. The zero-order chi connectivity index (χ0) is 27.4. The van der Waals surface area contributed by atoms with E-state index in [1.54, 1.807) is 11.5 Å². The molecule has 38 heavy (non-hydrogen) atoms. The molecule has 0 saturated carbocycles. The maximum absolute atomic E-state index is 12.7. The number of anilines is 1. The van der Waals surface area contributed by atoms with Crippen molar-refractivity contribution in [1.82, 2.24) is 19.5 Å². The number of nitrogens with zero attached hydrogens (tertiary/aromatic N) is 4. The van der Waals surface area contributed by atoms with Crippen LogP contribution < -0.4 is 5.73 Å². The van der Waals surface area contributed by atoms with Gasteiger partial charge in [0.1, 0.15) is 36.3 Å². The van der Waals surface area contributed by atoms with Gasteiger partial charge in [-0.1, -0.05) is 6.08 Å². The average Bonchev–Trinajstić information content (AvgIpc) is 3.49. The van der Waals surface area contributed by atoms with Crippen LogP contribution in [0.5, 0.6) is 0 Å². The Bertz CT molecular complexity index is 1270. The molecule has 9 atom stereocenters. The summed E-state index contributed by atoms with van der Waals surface area (Å²) in [4.78, 5) is 37.5. The highest BCUT2D eigenvalue weighted by Crippen LogP contribution is 2.47. The Balaban J connectivity index is 1.50. The number of ether oxygens (including phenoxy) is 6. The molecule has 3 saturated heterocycles. The molecule has 0 bridgehead atoms. The summed E-state index contributed by atoms with van der Waals surface area (Å²) in [6.45, 7) is 3.14. The lowest BCUT2D eigenvalue weighted by molar-refractivity contribution is -0.397. The summed E-state index contributed by atoms with van der Waals surface area (Å²) in [5, 5.41) is 22.7. The van der Waals surface area contributed by atoms with E-state index in [0.717, 1.165) is 7.11 Å². The van der Waals surface area contributed by atoms with Gasteiger partial charge in [-0.05, 0) is 13.8 Å². The number of aliphatic hydroxyl groups excluding tert-OH is 1. The van der Waals surface area contributed by atoms with Crippen LogP contribution in [0.4, 0.5) is 5.82 Å². The molecule has 0 aliphatic carbocycles. The van der Waals surface area contributed by atoms with Gasteiger partial charge in [0.05, 0.1) is 19.5 Å². The summed E-state index contributed by atoms with van der Waals surface area (Å²) in [6, 6.07) is 0. The minimum atomic E-state index is -2.35. The number of aromatic nitrogens is 4. The summed E-state index contributed by atoms with van der Waals surface area (Å²) in [5.41, 5.74) is 6.90. The molecule has 0 unspecified atom stereocenters. The smallest absolute Gasteiger partial charge is 0.337 e. The second-order valence-corrected chi connectivity index (χ2v) is 9.28. The minimum Gasteiger partial charge on any atom is -0.467 e. The first kappa shape index (κ1) is 26.4. The van der Waals surface area contributed by atoms with Gasteiger partial charge in [-0.3, -0.25) is 4.57 Å². The number of imidazole rings is 1. The van der Waals surface area contributed by atoms with Gasteiger partial charge in [-0.15, -0.1) is 0 Å². The molecule has 3 aliphatic rings. The normalized spacial score (nSPS) is 36.9. The maximum Gasteiger partial charge on any atom is 0.337 e. The average molecular weight is 536 g/mol. The molecular formula is C23H29N5O10. The van der Waals surface area contributed by atoms with E-state index in [4.69, 9.17) is 34.2 Å². The summed E-state index contributed by atoms with van der Waals surface area (Å²) in [7, 11) is 2.56. The second-order valence-electron chi connectivity index (χ2n) is 9.28. The van der Waals surface area contributed by atoms with Gasteiger partial charge in [0.15, 0.2) is 29.9 Å². The summed E-state index contributed by atoms with van der Waals surface area (Å²) < 4.78 is 35.7. The van der Waals surface area contributed by atoms with E-state index in [0.29, 0.717) is 11.2 Å². The number of rotatable bonds is 5. The molecular weight excluding hydrogens is 506 g/mol. The summed E-state index contributed by atoms with van der Waals surface area (Å²) >= 11 is 0. The Labute approximate surface area is 216 Å². The first-order valence-corrected chi connectivity index (χ1v) is 11.9. The molecule has 5 rings (SSSR count). The quantitative estimate of drug-likeness (QED) is 0.310. The van der Waals surface area contributed by atoms with Gasteiger partial charge < -0.3 is 44.4 Å². The molecule has 3 aliphatic heterocycles. The van der Waals surface area contributed by atoms with Crippen molar-refractivity contribution in [2.24, 2.45) is 0 Å². The Hall–Kier alpha value is -3.21.